The lowest BCUT2D eigenvalue weighted by Gasteiger charge is -1.97. The minimum absolute atomic E-state index is 0.209. The Balaban J connectivity index is 2.46. The number of carbonyl (C=O) groups is 1. The number of allylic oxidation sites excluding steroid dienone is 1. The number of hydrogen-bond acceptors (Lipinski definition) is 2. The van der Waals surface area contributed by atoms with E-state index < -0.39 is 0 Å². The van der Waals surface area contributed by atoms with Crippen molar-refractivity contribution in [3.8, 4) is 0 Å². The van der Waals surface area contributed by atoms with Gasteiger partial charge < -0.3 is 5.73 Å². The van der Waals surface area contributed by atoms with Crippen molar-refractivity contribution in [3.05, 3.63) is 12.2 Å². The molecule has 2 nitrogen and oxygen atoms in total. The summed E-state index contributed by atoms with van der Waals surface area (Å²) in [6, 6.07) is 0. The highest BCUT2D eigenvalue weighted by atomic mass is 16.1. The standard InChI is InChI=1S/C6H9NO/c7-4-5-1-2-6(8)3-5/h1-2,5H,3-4,7H2. The second-order valence-corrected chi connectivity index (χ2v) is 2.03. The van der Waals surface area contributed by atoms with Crippen LogP contribution in [0.3, 0.4) is 0 Å². The van der Waals surface area contributed by atoms with Crippen molar-refractivity contribution in [1.82, 2.24) is 0 Å². The summed E-state index contributed by atoms with van der Waals surface area (Å²) in [5.74, 6) is 0.531. The highest BCUT2D eigenvalue weighted by Gasteiger charge is 2.12. The first-order valence-corrected chi connectivity index (χ1v) is 2.74. The molecule has 0 saturated carbocycles. The van der Waals surface area contributed by atoms with Crippen molar-refractivity contribution in [1.29, 1.82) is 0 Å². The van der Waals surface area contributed by atoms with E-state index in [1.165, 1.54) is 0 Å². The molecule has 8 heavy (non-hydrogen) atoms. The molecule has 0 bridgehead atoms. The first-order chi connectivity index (χ1) is 3.83. The monoisotopic (exact) mass is 111 g/mol. The van der Waals surface area contributed by atoms with Gasteiger partial charge in [-0.15, -0.1) is 0 Å². The maximum Gasteiger partial charge on any atom is 0.156 e. The zero-order valence-electron chi connectivity index (χ0n) is 4.63. The second-order valence-electron chi connectivity index (χ2n) is 2.03. The van der Waals surface area contributed by atoms with E-state index in [9.17, 15) is 4.79 Å². The third-order valence-electron chi connectivity index (χ3n) is 1.32. The summed E-state index contributed by atoms with van der Waals surface area (Å²) in [7, 11) is 0. The van der Waals surface area contributed by atoms with Crippen molar-refractivity contribution in [2.24, 2.45) is 11.7 Å². The van der Waals surface area contributed by atoms with Crippen LogP contribution in [-0.4, -0.2) is 12.3 Å². The molecule has 0 aromatic heterocycles. The molecule has 1 rings (SSSR count). The zero-order chi connectivity index (χ0) is 5.98. The minimum atomic E-state index is 0.209. The summed E-state index contributed by atoms with van der Waals surface area (Å²) in [5.41, 5.74) is 5.29. The van der Waals surface area contributed by atoms with Crippen molar-refractivity contribution in [2.75, 3.05) is 6.54 Å². The zero-order valence-corrected chi connectivity index (χ0v) is 4.63. The van der Waals surface area contributed by atoms with Gasteiger partial charge >= 0.3 is 0 Å². The molecule has 1 aliphatic carbocycles. The van der Waals surface area contributed by atoms with E-state index in [2.05, 4.69) is 0 Å². The van der Waals surface area contributed by atoms with Crippen LogP contribution in [0.25, 0.3) is 0 Å². The van der Waals surface area contributed by atoms with E-state index in [4.69, 9.17) is 5.73 Å². The quantitative estimate of drug-likeness (QED) is 0.521. The molecule has 1 aliphatic rings. The fourth-order valence-electron chi connectivity index (χ4n) is 0.800. The van der Waals surface area contributed by atoms with Crippen molar-refractivity contribution < 1.29 is 4.79 Å². The second kappa shape index (κ2) is 2.09. The summed E-state index contributed by atoms with van der Waals surface area (Å²) >= 11 is 0. The number of hydrogen-bond donors (Lipinski definition) is 1. The van der Waals surface area contributed by atoms with Crippen LogP contribution >= 0.6 is 0 Å². The van der Waals surface area contributed by atoms with Crippen LogP contribution in [0.5, 0.6) is 0 Å². The molecular formula is C6H9NO. The summed E-state index contributed by atoms with van der Waals surface area (Å²) < 4.78 is 0. The fraction of sp³-hybridized carbons (Fsp3) is 0.500. The molecule has 0 spiro atoms. The lowest BCUT2D eigenvalue weighted by atomic mass is 10.1. The summed E-state index contributed by atoms with van der Waals surface area (Å²) in [6.07, 6.45) is 4.11. The number of carbonyl (C=O) groups excluding carboxylic acids is 1. The Kier molecular flexibility index (Phi) is 1.44. The predicted molar refractivity (Wildman–Crippen MR) is 31.3 cm³/mol. The van der Waals surface area contributed by atoms with Crippen LogP contribution in [-0.2, 0) is 4.79 Å². The van der Waals surface area contributed by atoms with Crippen molar-refractivity contribution in [3.63, 3.8) is 0 Å². The van der Waals surface area contributed by atoms with Gasteiger partial charge in [0.1, 0.15) is 0 Å². The Morgan fingerprint density at radius 2 is 2.62 bits per heavy atom. The molecule has 2 N–H and O–H groups in total. The van der Waals surface area contributed by atoms with Gasteiger partial charge in [-0.05, 0) is 18.5 Å². The molecule has 0 heterocycles. The van der Waals surface area contributed by atoms with Gasteiger partial charge in [0, 0.05) is 6.42 Å². The lowest BCUT2D eigenvalue weighted by molar-refractivity contribution is -0.114. The summed E-state index contributed by atoms with van der Waals surface area (Å²) in [4.78, 5) is 10.5. The number of ketones is 1. The third kappa shape index (κ3) is 0.954. The van der Waals surface area contributed by atoms with Crippen molar-refractivity contribution >= 4 is 5.78 Å². The van der Waals surface area contributed by atoms with Crippen LogP contribution in [0.15, 0.2) is 12.2 Å². The van der Waals surface area contributed by atoms with Gasteiger partial charge in [-0.3, -0.25) is 4.79 Å². The van der Waals surface area contributed by atoms with Gasteiger partial charge in [0.2, 0.25) is 0 Å². The Morgan fingerprint density at radius 1 is 1.88 bits per heavy atom. The molecule has 0 aromatic rings. The SMILES string of the molecule is NCC1C=CC(=O)C1. The molecule has 1 unspecified atom stereocenters. The van der Waals surface area contributed by atoms with Gasteiger partial charge in [0.05, 0.1) is 0 Å². The summed E-state index contributed by atoms with van der Waals surface area (Å²) in [5, 5.41) is 0. The Bertz CT molecular complexity index is 128. The average Bonchev–Trinajstić information content (AvgIpc) is 2.14. The van der Waals surface area contributed by atoms with Gasteiger partial charge in [0.25, 0.3) is 0 Å². The molecule has 0 saturated heterocycles. The molecule has 0 fully saturated rings. The van der Waals surface area contributed by atoms with E-state index in [1.807, 2.05) is 6.08 Å². The maximum atomic E-state index is 10.5. The maximum absolute atomic E-state index is 10.5. The predicted octanol–water partition coefficient (Wildman–Crippen LogP) is 0.0903. The number of rotatable bonds is 1. The van der Waals surface area contributed by atoms with Crippen LogP contribution in [0.1, 0.15) is 6.42 Å². The molecule has 1 atom stereocenters. The van der Waals surface area contributed by atoms with Crippen LogP contribution in [0, 0.1) is 5.92 Å². The normalized spacial score (nSPS) is 27.1. The van der Waals surface area contributed by atoms with E-state index in [1.54, 1.807) is 6.08 Å². The largest absolute Gasteiger partial charge is 0.330 e. The molecule has 44 valence electrons. The molecule has 0 aliphatic heterocycles. The van der Waals surface area contributed by atoms with Gasteiger partial charge in [-0.1, -0.05) is 6.08 Å². The molecular weight excluding hydrogens is 102 g/mol. The summed E-state index contributed by atoms with van der Waals surface area (Å²) in [6.45, 7) is 0.599. The van der Waals surface area contributed by atoms with Crippen molar-refractivity contribution in [2.45, 2.75) is 6.42 Å². The van der Waals surface area contributed by atoms with E-state index >= 15 is 0 Å². The minimum Gasteiger partial charge on any atom is -0.330 e. The average molecular weight is 111 g/mol. The van der Waals surface area contributed by atoms with Gasteiger partial charge in [-0.2, -0.15) is 0 Å². The molecule has 0 radical (unpaired) electrons. The highest BCUT2D eigenvalue weighted by molar-refractivity contribution is 5.92. The first kappa shape index (κ1) is 5.51. The smallest absolute Gasteiger partial charge is 0.156 e. The van der Waals surface area contributed by atoms with E-state index in [-0.39, 0.29) is 5.78 Å². The first-order valence-electron chi connectivity index (χ1n) is 2.74. The van der Waals surface area contributed by atoms with Crippen LogP contribution in [0.2, 0.25) is 0 Å². The third-order valence-corrected chi connectivity index (χ3v) is 1.32. The van der Waals surface area contributed by atoms with Crippen LogP contribution < -0.4 is 5.73 Å². The van der Waals surface area contributed by atoms with E-state index in [0.717, 1.165) is 0 Å². The highest BCUT2D eigenvalue weighted by Crippen LogP contribution is 2.11. The van der Waals surface area contributed by atoms with Gasteiger partial charge in [0.15, 0.2) is 5.78 Å². The van der Waals surface area contributed by atoms with Gasteiger partial charge in [-0.25, -0.2) is 0 Å². The fourth-order valence-corrected chi connectivity index (χ4v) is 0.800. The number of nitrogens with two attached hydrogens (primary N) is 1. The Hall–Kier alpha value is -0.630. The van der Waals surface area contributed by atoms with Crippen LogP contribution in [0.4, 0.5) is 0 Å². The lowest BCUT2D eigenvalue weighted by Crippen LogP contribution is -2.10. The topological polar surface area (TPSA) is 43.1 Å². The van der Waals surface area contributed by atoms with E-state index in [0.29, 0.717) is 18.9 Å². The molecule has 0 amide bonds. The Labute approximate surface area is 48.4 Å². The molecule has 0 aromatic carbocycles. The molecule has 2 heteroatoms. The Morgan fingerprint density at radius 3 is 2.88 bits per heavy atom.